The van der Waals surface area contributed by atoms with Gasteiger partial charge in [-0.15, -0.1) is 10.2 Å². The predicted octanol–water partition coefficient (Wildman–Crippen LogP) is 3.26. The summed E-state index contributed by atoms with van der Waals surface area (Å²) in [6, 6.07) is 8.89. The van der Waals surface area contributed by atoms with Gasteiger partial charge in [-0.2, -0.15) is 0 Å². The zero-order valence-electron chi connectivity index (χ0n) is 15.1. The monoisotopic (exact) mass is 398 g/mol. The van der Waals surface area contributed by atoms with Gasteiger partial charge in [0.25, 0.3) is 17.0 Å². The van der Waals surface area contributed by atoms with Crippen molar-refractivity contribution < 1.29 is 18.4 Å². The third-order valence-electron chi connectivity index (χ3n) is 4.14. The number of benzene rings is 1. The van der Waals surface area contributed by atoms with Crippen LogP contribution in [-0.2, 0) is 4.79 Å². The number of furan rings is 1. The highest BCUT2D eigenvalue weighted by Gasteiger charge is 2.23. The number of hydrogen-bond acceptors (Lipinski definition) is 7. The van der Waals surface area contributed by atoms with Crippen molar-refractivity contribution in [2.24, 2.45) is 0 Å². The molecule has 2 N–H and O–H groups in total. The highest BCUT2D eigenvalue weighted by atomic mass is 32.2. The molecule has 9 heteroatoms. The van der Waals surface area contributed by atoms with Gasteiger partial charge >= 0.3 is 0 Å². The molecule has 4 rings (SSSR count). The van der Waals surface area contributed by atoms with Gasteiger partial charge in [0.15, 0.2) is 0 Å². The first kappa shape index (κ1) is 18.3. The molecule has 0 unspecified atom stereocenters. The normalized spacial score (nSPS) is 13.3. The van der Waals surface area contributed by atoms with Crippen LogP contribution in [0, 0.1) is 6.92 Å². The largest absolute Gasteiger partial charge is 0.469 e. The zero-order chi connectivity index (χ0) is 19.5. The van der Waals surface area contributed by atoms with Gasteiger partial charge in [-0.1, -0.05) is 17.8 Å². The van der Waals surface area contributed by atoms with E-state index in [9.17, 15) is 9.59 Å². The van der Waals surface area contributed by atoms with Crippen LogP contribution in [0.4, 0.5) is 5.69 Å². The number of nitrogens with one attached hydrogen (secondary N) is 2. The summed E-state index contributed by atoms with van der Waals surface area (Å²) in [6.45, 7) is 1.80. The van der Waals surface area contributed by atoms with E-state index in [1.54, 1.807) is 43.5 Å². The smallest absolute Gasteiger partial charge is 0.277 e. The molecule has 0 atom stereocenters. The van der Waals surface area contributed by atoms with Crippen molar-refractivity contribution in [3.63, 3.8) is 0 Å². The summed E-state index contributed by atoms with van der Waals surface area (Å²) in [5, 5.41) is 13.9. The second kappa shape index (κ2) is 7.89. The van der Waals surface area contributed by atoms with E-state index in [0.717, 1.165) is 30.2 Å². The molecular weight excluding hydrogens is 380 g/mol. The van der Waals surface area contributed by atoms with Gasteiger partial charge in [-0.05, 0) is 44.0 Å². The Labute approximate surface area is 165 Å². The number of carbonyl (C=O) groups is 2. The van der Waals surface area contributed by atoms with E-state index in [2.05, 4.69) is 20.8 Å². The maximum atomic E-state index is 12.2. The van der Waals surface area contributed by atoms with Crippen LogP contribution in [0.1, 0.15) is 29.0 Å². The fourth-order valence-corrected chi connectivity index (χ4v) is 3.11. The molecule has 1 saturated carbocycles. The van der Waals surface area contributed by atoms with Crippen LogP contribution in [-0.4, -0.2) is 33.8 Å². The van der Waals surface area contributed by atoms with E-state index in [-0.39, 0.29) is 23.6 Å². The molecule has 2 amide bonds. The van der Waals surface area contributed by atoms with Crippen LogP contribution in [0.2, 0.25) is 0 Å². The molecule has 2 aromatic heterocycles. The molecule has 3 aromatic rings. The molecule has 1 aliphatic carbocycles. The summed E-state index contributed by atoms with van der Waals surface area (Å²) in [7, 11) is 0. The Morgan fingerprint density at radius 3 is 2.86 bits per heavy atom. The Kier molecular flexibility index (Phi) is 5.16. The first-order valence-corrected chi connectivity index (χ1v) is 9.78. The van der Waals surface area contributed by atoms with E-state index < -0.39 is 0 Å². The van der Waals surface area contributed by atoms with Gasteiger partial charge < -0.3 is 19.5 Å². The van der Waals surface area contributed by atoms with Gasteiger partial charge in [0.05, 0.1) is 17.6 Å². The molecule has 1 aromatic carbocycles. The molecule has 0 saturated heterocycles. The highest BCUT2D eigenvalue weighted by molar-refractivity contribution is 7.99. The first-order valence-electron chi connectivity index (χ1n) is 8.80. The summed E-state index contributed by atoms with van der Waals surface area (Å²) in [4.78, 5) is 24.3. The number of anilines is 1. The van der Waals surface area contributed by atoms with Crippen molar-refractivity contribution in [2.45, 2.75) is 31.0 Å². The molecule has 1 aliphatic rings. The van der Waals surface area contributed by atoms with Gasteiger partial charge in [0.1, 0.15) is 5.76 Å². The standard InChI is InChI=1S/C19H18N4O4S/c1-11-15(7-8-26-11)18-22-23-19(27-18)28-10-16(24)20-14-4-2-3-12(9-14)17(25)21-13-5-6-13/h2-4,7-9,13H,5-6,10H2,1H3,(H,20,24)(H,21,25). The van der Waals surface area contributed by atoms with Crippen LogP contribution in [0.15, 0.2) is 50.7 Å². The van der Waals surface area contributed by atoms with Crippen molar-refractivity contribution in [2.75, 3.05) is 11.1 Å². The molecule has 2 heterocycles. The average Bonchev–Trinajstić information content (AvgIpc) is 3.20. The number of aromatic nitrogens is 2. The van der Waals surface area contributed by atoms with Crippen LogP contribution >= 0.6 is 11.8 Å². The maximum Gasteiger partial charge on any atom is 0.277 e. The molecular formula is C19H18N4O4S. The molecule has 0 spiro atoms. The molecule has 28 heavy (non-hydrogen) atoms. The molecule has 8 nitrogen and oxygen atoms in total. The first-order chi connectivity index (χ1) is 13.6. The van der Waals surface area contributed by atoms with Crippen molar-refractivity contribution in [1.82, 2.24) is 15.5 Å². The number of thioether (sulfide) groups is 1. The van der Waals surface area contributed by atoms with Gasteiger partial charge in [-0.25, -0.2) is 0 Å². The number of carbonyl (C=O) groups excluding carboxylic acids is 2. The maximum absolute atomic E-state index is 12.2. The van der Waals surface area contributed by atoms with Crippen LogP contribution in [0.25, 0.3) is 11.5 Å². The lowest BCUT2D eigenvalue weighted by atomic mass is 10.2. The molecule has 1 fully saturated rings. The molecule has 0 aliphatic heterocycles. The van der Waals surface area contributed by atoms with Crippen molar-refractivity contribution in [3.05, 3.63) is 47.9 Å². The van der Waals surface area contributed by atoms with Crippen molar-refractivity contribution >= 4 is 29.3 Å². The fourth-order valence-electron chi connectivity index (χ4n) is 2.54. The Balaban J connectivity index is 1.32. The Morgan fingerprint density at radius 2 is 2.11 bits per heavy atom. The second-order valence-corrected chi connectivity index (χ2v) is 7.36. The van der Waals surface area contributed by atoms with Crippen molar-refractivity contribution in [3.8, 4) is 11.5 Å². The zero-order valence-corrected chi connectivity index (χ0v) is 15.9. The quantitative estimate of drug-likeness (QED) is 0.588. The SMILES string of the molecule is Cc1occc1-c1nnc(SCC(=O)Nc2cccc(C(=O)NC3CC3)c2)o1. The fraction of sp³-hybridized carbons (Fsp3) is 0.263. The van der Waals surface area contributed by atoms with Crippen LogP contribution in [0.5, 0.6) is 0 Å². The summed E-state index contributed by atoms with van der Waals surface area (Å²) in [5.74, 6) is 0.779. The lowest BCUT2D eigenvalue weighted by Crippen LogP contribution is -2.25. The lowest BCUT2D eigenvalue weighted by Gasteiger charge is -2.07. The lowest BCUT2D eigenvalue weighted by molar-refractivity contribution is -0.113. The number of amides is 2. The number of aryl methyl sites for hydroxylation is 1. The molecule has 144 valence electrons. The molecule has 0 radical (unpaired) electrons. The van der Waals surface area contributed by atoms with Crippen LogP contribution < -0.4 is 10.6 Å². The summed E-state index contributed by atoms with van der Waals surface area (Å²) >= 11 is 1.14. The molecule has 0 bridgehead atoms. The van der Waals surface area contributed by atoms with Crippen LogP contribution in [0.3, 0.4) is 0 Å². The number of nitrogens with zero attached hydrogens (tertiary/aromatic N) is 2. The van der Waals surface area contributed by atoms with Gasteiger partial charge in [-0.3, -0.25) is 9.59 Å². The van der Waals surface area contributed by atoms with E-state index in [1.165, 1.54) is 0 Å². The minimum atomic E-state index is -0.232. The third kappa shape index (κ3) is 4.42. The van der Waals surface area contributed by atoms with Gasteiger partial charge in [0.2, 0.25) is 5.91 Å². The topological polar surface area (TPSA) is 110 Å². The van der Waals surface area contributed by atoms with Crippen molar-refractivity contribution in [1.29, 1.82) is 0 Å². The van der Waals surface area contributed by atoms with E-state index >= 15 is 0 Å². The minimum absolute atomic E-state index is 0.102. The number of rotatable bonds is 7. The van der Waals surface area contributed by atoms with Gasteiger partial charge in [0, 0.05) is 17.3 Å². The minimum Gasteiger partial charge on any atom is -0.469 e. The Hall–Kier alpha value is -3.07. The summed E-state index contributed by atoms with van der Waals surface area (Å²) < 4.78 is 10.8. The Morgan fingerprint density at radius 1 is 1.25 bits per heavy atom. The van der Waals surface area contributed by atoms with E-state index in [1.807, 2.05) is 0 Å². The Bertz CT molecular complexity index is 1010. The predicted molar refractivity (Wildman–Crippen MR) is 103 cm³/mol. The second-order valence-electron chi connectivity index (χ2n) is 6.43. The summed E-state index contributed by atoms with van der Waals surface area (Å²) in [5.41, 5.74) is 1.81. The highest BCUT2D eigenvalue weighted by Crippen LogP contribution is 2.26. The number of hydrogen-bond donors (Lipinski definition) is 2. The van der Waals surface area contributed by atoms with E-state index in [0.29, 0.717) is 28.1 Å². The summed E-state index contributed by atoms with van der Waals surface area (Å²) in [6.07, 6.45) is 3.60. The average molecular weight is 398 g/mol. The van der Waals surface area contributed by atoms with E-state index in [4.69, 9.17) is 8.83 Å². The third-order valence-corrected chi connectivity index (χ3v) is 4.96.